The van der Waals surface area contributed by atoms with Gasteiger partial charge in [-0.1, -0.05) is 24.3 Å². The molecule has 2 atom stereocenters. The van der Waals surface area contributed by atoms with Gasteiger partial charge in [0.1, 0.15) is 0 Å². The fourth-order valence-corrected chi connectivity index (χ4v) is 2.85. The molecule has 2 heterocycles. The average Bonchev–Trinajstić information content (AvgIpc) is 3.50. The van der Waals surface area contributed by atoms with Crippen LogP contribution in [0.15, 0.2) is 48.5 Å². The highest BCUT2D eigenvalue weighted by atomic mass is 16.6. The largest absolute Gasteiger partial charge is 0.382 e. The van der Waals surface area contributed by atoms with Crippen LogP contribution in [0, 0.1) is 0 Å². The molecule has 1 N–H and O–H groups in total. The van der Waals surface area contributed by atoms with Gasteiger partial charge in [0.05, 0.1) is 25.4 Å². The monoisotopic (exact) mass is 324 g/mol. The molecule has 2 unspecified atom stereocenters. The molecule has 0 amide bonds. The number of anilines is 2. The zero-order valence-corrected chi connectivity index (χ0v) is 14.1. The first kappa shape index (κ1) is 15.5. The summed E-state index contributed by atoms with van der Waals surface area (Å²) >= 11 is 0. The van der Waals surface area contributed by atoms with Gasteiger partial charge in [-0.15, -0.1) is 0 Å². The van der Waals surface area contributed by atoms with Crippen LogP contribution in [0.2, 0.25) is 0 Å². The van der Waals surface area contributed by atoms with Crippen LogP contribution in [0.5, 0.6) is 0 Å². The lowest BCUT2D eigenvalue weighted by molar-refractivity contribution is 0.410. The Morgan fingerprint density at radius 2 is 1.50 bits per heavy atom. The Labute approximate surface area is 143 Å². The SMILES string of the molecule is CN(CC1CO1)c1ccc(Cc2ccc(NCC3CO3)cc2)cc1. The molecule has 2 saturated heterocycles. The predicted octanol–water partition coefficient (Wildman–Crippen LogP) is 2.92. The maximum absolute atomic E-state index is 5.29. The lowest BCUT2D eigenvalue weighted by Crippen LogP contribution is -2.22. The number of nitrogens with zero attached hydrogens (tertiary/aromatic N) is 1. The highest BCUT2D eigenvalue weighted by Crippen LogP contribution is 2.20. The van der Waals surface area contributed by atoms with Gasteiger partial charge in [-0.3, -0.25) is 0 Å². The molecular formula is C20H24N2O2. The van der Waals surface area contributed by atoms with Crippen molar-refractivity contribution in [2.24, 2.45) is 0 Å². The van der Waals surface area contributed by atoms with E-state index in [-0.39, 0.29) is 0 Å². The zero-order chi connectivity index (χ0) is 16.4. The van der Waals surface area contributed by atoms with Gasteiger partial charge in [-0.05, 0) is 41.8 Å². The van der Waals surface area contributed by atoms with E-state index < -0.39 is 0 Å². The minimum Gasteiger partial charge on any atom is -0.382 e. The molecule has 0 saturated carbocycles. The number of likely N-dealkylation sites (N-methyl/N-ethyl adjacent to an activating group) is 1. The second-order valence-corrected chi connectivity index (χ2v) is 6.71. The molecular weight excluding hydrogens is 300 g/mol. The maximum Gasteiger partial charge on any atom is 0.0984 e. The third kappa shape index (κ3) is 4.28. The van der Waals surface area contributed by atoms with Crippen LogP contribution in [-0.4, -0.2) is 45.6 Å². The van der Waals surface area contributed by atoms with Crippen LogP contribution in [0.4, 0.5) is 11.4 Å². The summed E-state index contributed by atoms with van der Waals surface area (Å²) in [5, 5.41) is 3.40. The van der Waals surface area contributed by atoms with Crippen LogP contribution >= 0.6 is 0 Å². The zero-order valence-electron chi connectivity index (χ0n) is 14.1. The minimum absolute atomic E-state index is 0.410. The van der Waals surface area contributed by atoms with Crippen molar-refractivity contribution in [3.8, 4) is 0 Å². The number of hydrogen-bond acceptors (Lipinski definition) is 4. The minimum atomic E-state index is 0.410. The van der Waals surface area contributed by atoms with E-state index in [4.69, 9.17) is 9.47 Å². The summed E-state index contributed by atoms with van der Waals surface area (Å²) in [4.78, 5) is 2.26. The standard InChI is InChI=1S/C20H24N2O2/c1-22(12-20-14-24-20)18-8-4-16(5-9-18)10-15-2-6-17(7-3-15)21-11-19-13-23-19/h2-9,19-21H,10-14H2,1H3. The van der Waals surface area contributed by atoms with Crippen LogP contribution < -0.4 is 10.2 Å². The Kier molecular flexibility index (Phi) is 4.41. The highest BCUT2D eigenvalue weighted by Gasteiger charge is 2.24. The fraction of sp³-hybridized carbons (Fsp3) is 0.400. The Balaban J connectivity index is 1.32. The highest BCUT2D eigenvalue weighted by molar-refractivity contribution is 5.49. The van der Waals surface area contributed by atoms with Crippen LogP contribution in [0.1, 0.15) is 11.1 Å². The second kappa shape index (κ2) is 6.83. The maximum atomic E-state index is 5.29. The van der Waals surface area contributed by atoms with Gasteiger partial charge in [-0.2, -0.15) is 0 Å². The molecule has 0 bridgehead atoms. The summed E-state index contributed by atoms with van der Waals surface area (Å²) in [5.74, 6) is 0. The first-order chi connectivity index (χ1) is 11.8. The van der Waals surface area contributed by atoms with Crippen molar-refractivity contribution in [3.63, 3.8) is 0 Å². The summed E-state index contributed by atoms with van der Waals surface area (Å²) in [6, 6.07) is 17.5. The van der Waals surface area contributed by atoms with Gasteiger partial charge in [0, 0.05) is 31.5 Å². The van der Waals surface area contributed by atoms with E-state index in [0.29, 0.717) is 12.2 Å². The van der Waals surface area contributed by atoms with Gasteiger partial charge in [0.25, 0.3) is 0 Å². The fourth-order valence-electron chi connectivity index (χ4n) is 2.85. The second-order valence-electron chi connectivity index (χ2n) is 6.71. The van der Waals surface area contributed by atoms with Gasteiger partial charge in [0.2, 0.25) is 0 Å². The summed E-state index contributed by atoms with van der Waals surface area (Å²) in [6.07, 6.45) is 1.79. The summed E-state index contributed by atoms with van der Waals surface area (Å²) in [5.41, 5.74) is 5.07. The van der Waals surface area contributed by atoms with Crippen molar-refractivity contribution < 1.29 is 9.47 Å². The van der Waals surface area contributed by atoms with Gasteiger partial charge in [0.15, 0.2) is 0 Å². The van der Waals surface area contributed by atoms with Crippen LogP contribution in [0.25, 0.3) is 0 Å². The Bertz CT molecular complexity index is 661. The van der Waals surface area contributed by atoms with E-state index in [9.17, 15) is 0 Å². The summed E-state index contributed by atoms with van der Waals surface area (Å²) in [7, 11) is 2.12. The molecule has 2 fully saturated rings. The third-order valence-corrected chi connectivity index (χ3v) is 4.56. The molecule has 0 radical (unpaired) electrons. The van der Waals surface area contributed by atoms with Gasteiger partial charge in [-0.25, -0.2) is 0 Å². The van der Waals surface area contributed by atoms with E-state index in [1.54, 1.807) is 0 Å². The smallest absolute Gasteiger partial charge is 0.0984 e. The van der Waals surface area contributed by atoms with E-state index in [1.807, 2.05) is 0 Å². The quantitative estimate of drug-likeness (QED) is 0.758. The molecule has 4 nitrogen and oxygen atoms in total. The normalized spacial score (nSPS) is 21.4. The molecule has 2 aromatic carbocycles. The van der Waals surface area contributed by atoms with Crippen molar-refractivity contribution in [1.29, 1.82) is 0 Å². The number of hydrogen-bond donors (Lipinski definition) is 1. The van der Waals surface area contributed by atoms with Crippen molar-refractivity contribution in [1.82, 2.24) is 0 Å². The molecule has 2 aliphatic rings. The molecule has 0 aromatic heterocycles. The molecule has 24 heavy (non-hydrogen) atoms. The van der Waals surface area contributed by atoms with Crippen molar-refractivity contribution in [2.45, 2.75) is 18.6 Å². The molecule has 4 heteroatoms. The molecule has 0 aliphatic carbocycles. The topological polar surface area (TPSA) is 40.3 Å². The van der Waals surface area contributed by atoms with Crippen molar-refractivity contribution in [3.05, 3.63) is 59.7 Å². The molecule has 2 aromatic rings. The number of epoxide rings is 2. The van der Waals surface area contributed by atoms with E-state index in [2.05, 4.69) is 65.8 Å². The first-order valence-corrected chi connectivity index (χ1v) is 8.62. The predicted molar refractivity (Wildman–Crippen MR) is 96.9 cm³/mol. The van der Waals surface area contributed by atoms with Gasteiger partial charge >= 0.3 is 0 Å². The molecule has 0 spiro atoms. The molecule has 4 rings (SSSR count). The van der Waals surface area contributed by atoms with E-state index in [0.717, 1.165) is 38.4 Å². The Hall–Kier alpha value is -2.04. The number of nitrogens with one attached hydrogen (secondary N) is 1. The Morgan fingerprint density at radius 1 is 0.917 bits per heavy atom. The number of ether oxygens (including phenoxy) is 2. The average molecular weight is 324 g/mol. The Morgan fingerprint density at radius 3 is 2.08 bits per heavy atom. The first-order valence-electron chi connectivity index (χ1n) is 8.62. The molecule has 126 valence electrons. The lowest BCUT2D eigenvalue weighted by Gasteiger charge is -2.18. The van der Waals surface area contributed by atoms with Crippen LogP contribution in [0.3, 0.4) is 0 Å². The van der Waals surface area contributed by atoms with Crippen molar-refractivity contribution >= 4 is 11.4 Å². The number of benzene rings is 2. The third-order valence-electron chi connectivity index (χ3n) is 4.56. The van der Waals surface area contributed by atoms with Gasteiger partial charge < -0.3 is 19.7 Å². The van der Waals surface area contributed by atoms with Crippen molar-refractivity contribution in [2.75, 3.05) is 43.6 Å². The summed E-state index contributed by atoms with van der Waals surface area (Å²) < 4.78 is 10.5. The number of rotatable bonds is 8. The van der Waals surface area contributed by atoms with Crippen LogP contribution in [-0.2, 0) is 15.9 Å². The lowest BCUT2D eigenvalue weighted by atomic mass is 10.0. The molecule has 2 aliphatic heterocycles. The van der Waals surface area contributed by atoms with E-state index >= 15 is 0 Å². The summed E-state index contributed by atoms with van der Waals surface area (Å²) in [6.45, 7) is 3.67. The van der Waals surface area contributed by atoms with E-state index in [1.165, 1.54) is 16.8 Å².